The third kappa shape index (κ3) is 9.41. The molecular formula is C20H33N4O18P. The Bertz CT molecular complexity index is 1210. The molecule has 1 unspecified atom stereocenters. The molecule has 43 heavy (non-hydrogen) atoms. The van der Waals surface area contributed by atoms with E-state index >= 15 is 0 Å². The lowest BCUT2D eigenvalue weighted by Crippen LogP contribution is -2.67. The van der Waals surface area contributed by atoms with Gasteiger partial charge in [0.2, 0.25) is 5.91 Å². The van der Waals surface area contributed by atoms with Crippen molar-refractivity contribution in [3.63, 3.8) is 0 Å². The molecule has 1 aromatic heterocycles. The number of nitrogens with two attached hydrogens (primary N) is 1. The van der Waals surface area contributed by atoms with Gasteiger partial charge in [0, 0.05) is 12.6 Å². The van der Waals surface area contributed by atoms with Crippen LogP contribution < -0.4 is 16.7 Å². The highest BCUT2D eigenvalue weighted by atomic mass is 31.2. The summed E-state index contributed by atoms with van der Waals surface area (Å²) in [6, 6.07) is -0.126. The molecule has 1 amide bonds. The van der Waals surface area contributed by atoms with E-state index in [0.29, 0.717) is 0 Å². The van der Waals surface area contributed by atoms with E-state index in [9.17, 15) is 49.6 Å². The van der Waals surface area contributed by atoms with E-state index in [-0.39, 0.29) is 5.82 Å². The molecular weight excluding hydrogens is 615 g/mol. The molecule has 0 spiro atoms. The highest BCUT2D eigenvalue weighted by Crippen LogP contribution is 2.38. The predicted octanol–water partition coefficient (Wildman–Crippen LogP) is -7.35. The number of carboxylic acid groups (broad SMARTS) is 1. The maximum atomic E-state index is 11.6. The number of aliphatic hydroxyl groups is 8. The Morgan fingerprint density at radius 2 is 1.86 bits per heavy atom. The van der Waals surface area contributed by atoms with Crippen molar-refractivity contribution in [3.05, 3.63) is 22.7 Å². The summed E-state index contributed by atoms with van der Waals surface area (Å²) in [5.41, 5.74) is 4.52. The minimum atomic E-state index is -4.74. The number of hydrogen-bond acceptors (Lipinski definition) is 17. The number of anilines is 1. The Morgan fingerprint density at radius 1 is 1.23 bits per heavy atom. The minimum absolute atomic E-state index is 0.0225. The molecule has 3 rings (SSSR count). The number of nitrogens with one attached hydrogen (secondary N) is 1. The van der Waals surface area contributed by atoms with Crippen molar-refractivity contribution in [2.75, 3.05) is 25.6 Å². The smallest absolute Gasteiger partial charge is 0.469 e. The molecule has 22 nitrogen and oxygen atoms in total. The van der Waals surface area contributed by atoms with Crippen LogP contribution in [0.1, 0.15) is 12.6 Å². The van der Waals surface area contributed by atoms with E-state index in [1.54, 1.807) is 0 Å². The van der Waals surface area contributed by atoms with Crippen LogP contribution in [0.25, 0.3) is 0 Å². The van der Waals surface area contributed by atoms with Crippen LogP contribution in [0, 0.1) is 0 Å². The molecule has 0 aliphatic carbocycles. The van der Waals surface area contributed by atoms with Gasteiger partial charge in [-0.1, -0.05) is 0 Å². The monoisotopic (exact) mass is 648 g/mol. The summed E-state index contributed by atoms with van der Waals surface area (Å²) in [7, 11) is -4.74. The number of hydrogen-bond donors (Lipinski definition) is 13. The molecule has 1 aromatic rings. The molecule has 2 saturated heterocycles. The number of carboxylic acids is 1. The number of nitrogen functional groups attached to an aromatic ring is 1. The first-order valence-corrected chi connectivity index (χ1v) is 13.6. The number of carbonyl (C=O) groups is 2. The van der Waals surface area contributed by atoms with E-state index < -0.39 is 112 Å². The summed E-state index contributed by atoms with van der Waals surface area (Å²) in [5.74, 6) is -5.66. The van der Waals surface area contributed by atoms with E-state index in [4.69, 9.17) is 40.3 Å². The zero-order valence-electron chi connectivity index (χ0n) is 21.9. The van der Waals surface area contributed by atoms with Crippen molar-refractivity contribution in [1.82, 2.24) is 14.9 Å². The van der Waals surface area contributed by atoms with Crippen LogP contribution >= 0.6 is 7.82 Å². The number of aliphatic carboxylic acids is 1. The van der Waals surface area contributed by atoms with E-state index in [1.165, 1.54) is 12.3 Å². The SMILES string of the molecule is Nc1ccn([C@@H]2O[C@H](COP(=O)(O)O)[C@@H](O)[C@H]2O)c(=O)n1.O=C(CO)N[C@H]1[C@H]([C@H](O)[C@H](O)CO)OC(O)(C(=O)O)C[C@@H]1O. The van der Waals surface area contributed by atoms with Crippen LogP contribution in [0.5, 0.6) is 0 Å². The van der Waals surface area contributed by atoms with Crippen molar-refractivity contribution < 1.29 is 83.9 Å². The molecule has 10 atom stereocenters. The lowest BCUT2D eigenvalue weighted by molar-refractivity contribution is -0.295. The Kier molecular flexibility index (Phi) is 12.6. The van der Waals surface area contributed by atoms with Gasteiger partial charge in [-0.2, -0.15) is 4.98 Å². The van der Waals surface area contributed by atoms with E-state index in [0.717, 1.165) is 4.57 Å². The summed E-state index contributed by atoms with van der Waals surface area (Å²) < 4.78 is 25.8. The number of phosphoric acid groups is 1. The summed E-state index contributed by atoms with van der Waals surface area (Å²) in [6.07, 6.45) is -12.2. The lowest BCUT2D eigenvalue weighted by Gasteiger charge is -2.44. The standard InChI is InChI=1S/C11H19NO10.C9H14N3O8P/c13-2-5(16)8(18)9-7(12-6(17)3-14)4(15)1-11(21,22-9)10(19)20;10-5-1-2-12(9(15)11-5)8-7(14)6(13)4(20-8)3-19-21(16,17)18/h4-5,7-9,13-16,18,21H,1-3H2,(H,12,17)(H,19,20);1-2,4,6-8,13-14H,3H2,(H2,10,11,15)(H2,16,17,18)/t4-,5+,7+,8+,9+,11?;4-,6-,7-,8-/m01/s1. The molecule has 2 aliphatic heterocycles. The number of amides is 1. The number of aromatic nitrogens is 2. The van der Waals surface area contributed by atoms with Crippen molar-refractivity contribution >= 4 is 25.5 Å². The average molecular weight is 648 g/mol. The molecule has 246 valence electrons. The van der Waals surface area contributed by atoms with Gasteiger partial charge in [-0.15, -0.1) is 0 Å². The minimum Gasteiger partial charge on any atom is -0.477 e. The van der Waals surface area contributed by atoms with Crippen molar-refractivity contribution in [3.8, 4) is 0 Å². The Labute approximate surface area is 240 Å². The average Bonchev–Trinajstić information content (AvgIpc) is 3.20. The fourth-order valence-corrected chi connectivity index (χ4v) is 4.36. The van der Waals surface area contributed by atoms with E-state index in [1.807, 2.05) is 0 Å². The van der Waals surface area contributed by atoms with Gasteiger partial charge in [0.1, 0.15) is 49.0 Å². The van der Waals surface area contributed by atoms with Gasteiger partial charge < -0.3 is 76.3 Å². The van der Waals surface area contributed by atoms with Gasteiger partial charge in [-0.05, 0) is 6.07 Å². The second kappa shape index (κ2) is 14.9. The molecule has 2 aliphatic rings. The number of phosphoric ester groups is 1. The second-order valence-electron chi connectivity index (χ2n) is 9.31. The molecule has 2 fully saturated rings. The molecule has 0 aromatic carbocycles. The highest BCUT2D eigenvalue weighted by Gasteiger charge is 2.54. The van der Waals surface area contributed by atoms with Gasteiger partial charge in [0.25, 0.3) is 5.79 Å². The molecule has 14 N–H and O–H groups in total. The predicted molar refractivity (Wildman–Crippen MR) is 133 cm³/mol. The second-order valence-corrected chi connectivity index (χ2v) is 10.5. The first-order valence-electron chi connectivity index (χ1n) is 12.1. The quantitative estimate of drug-likeness (QED) is 0.105. The normalized spacial score (nSPS) is 32.3. The first-order chi connectivity index (χ1) is 19.8. The van der Waals surface area contributed by atoms with Gasteiger partial charge in [0.05, 0.1) is 25.4 Å². The maximum Gasteiger partial charge on any atom is 0.469 e. The third-order valence-corrected chi connectivity index (χ3v) is 6.66. The number of ether oxygens (including phenoxy) is 2. The van der Waals surface area contributed by atoms with Gasteiger partial charge in [-0.3, -0.25) is 13.9 Å². The van der Waals surface area contributed by atoms with Crippen molar-refractivity contribution in [2.45, 2.75) is 67.2 Å². The Morgan fingerprint density at radius 3 is 2.37 bits per heavy atom. The lowest BCUT2D eigenvalue weighted by atomic mass is 9.88. The number of carbonyl (C=O) groups excluding carboxylic acids is 1. The van der Waals surface area contributed by atoms with Crippen LogP contribution in [0.3, 0.4) is 0 Å². The summed E-state index contributed by atoms with van der Waals surface area (Å²) in [4.78, 5) is 54.5. The Hall–Kier alpha value is -2.67. The van der Waals surface area contributed by atoms with Crippen LogP contribution in [-0.4, -0.2) is 152 Å². The van der Waals surface area contributed by atoms with E-state index in [2.05, 4.69) is 14.8 Å². The molecule has 0 saturated carbocycles. The molecule has 0 radical (unpaired) electrons. The van der Waals surface area contributed by atoms with Crippen LogP contribution in [-0.2, 0) is 28.2 Å². The topological polar surface area (TPSA) is 374 Å². The summed E-state index contributed by atoms with van der Waals surface area (Å²) in [6.45, 7) is -2.52. The fourth-order valence-electron chi connectivity index (χ4n) is 4.02. The van der Waals surface area contributed by atoms with Gasteiger partial charge >= 0.3 is 19.5 Å². The zero-order chi connectivity index (χ0) is 32.9. The third-order valence-electron chi connectivity index (χ3n) is 6.18. The van der Waals surface area contributed by atoms with Gasteiger partial charge in [-0.25, -0.2) is 14.2 Å². The van der Waals surface area contributed by atoms with Crippen LogP contribution in [0.15, 0.2) is 17.1 Å². The molecule has 3 heterocycles. The van der Waals surface area contributed by atoms with Crippen molar-refractivity contribution in [1.29, 1.82) is 0 Å². The van der Waals surface area contributed by atoms with Gasteiger partial charge in [0.15, 0.2) is 6.23 Å². The first kappa shape index (κ1) is 36.5. The fraction of sp³-hybridized carbons (Fsp3) is 0.700. The van der Waals surface area contributed by atoms with Crippen LogP contribution in [0.2, 0.25) is 0 Å². The molecule has 23 heteroatoms. The number of nitrogens with zero attached hydrogens (tertiary/aromatic N) is 2. The summed E-state index contributed by atoms with van der Waals surface area (Å²) >= 11 is 0. The number of aliphatic hydroxyl groups excluding tert-OH is 7. The maximum absolute atomic E-state index is 11.6. The Balaban J connectivity index is 0.000000300. The molecule has 0 bridgehead atoms. The number of rotatable bonds is 10. The zero-order valence-corrected chi connectivity index (χ0v) is 22.8. The summed E-state index contributed by atoms with van der Waals surface area (Å²) in [5, 5.41) is 87.2. The highest BCUT2D eigenvalue weighted by molar-refractivity contribution is 7.46. The van der Waals surface area contributed by atoms with Crippen molar-refractivity contribution in [2.24, 2.45) is 0 Å². The van der Waals surface area contributed by atoms with Crippen LogP contribution in [0.4, 0.5) is 5.82 Å². The largest absolute Gasteiger partial charge is 0.477 e.